The average Bonchev–Trinajstić information content (AvgIpc) is 3.13. The van der Waals surface area contributed by atoms with Crippen LogP contribution in [-0.2, 0) is 0 Å². The van der Waals surface area contributed by atoms with E-state index in [4.69, 9.17) is 23.2 Å². The maximum Gasteiger partial charge on any atom is 0.387 e. The molecule has 1 saturated carbocycles. The number of hydrogen-bond acceptors (Lipinski definition) is 5. The van der Waals surface area contributed by atoms with Crippen LogP contribution in [0.3, 0.4) is 0 Å². The van der Waals surface area contributed by atoms with Crippen LogP contribution in [0.1, 0.15) is 43.0 Å². The van der Waals surface area contributed by atoms with E-state index in [1.165, 1.54) is 24.5 Å². The summed E-state index contributed by atoms with van der Waals surface area (Å²) < 4.78 is 30.7. The molecule has 11 heteroatoms. The van der Waals surface area contributed by atoms with Crippen LogP contribution in [0.15, 0.2) is 24.5 Å². The number of nitrogens with one attached hydrogen (secondary N) is 3. The van der Waals surface area contributed by atoms with E-state index in [9.17, 15) is 13.6 Å². The van der Waals surface area contributed by atoms with E-state index in [0.29, 0.717) is 22.6 Å². The minimum atomic E-state index is -3.08. The molecule has 170 valence electrons. The molecule has 0 atom stereocenters. The second-order valence-corrected chi connectivity index (χ2v) is 8.68. The number of fused-ring (bicyclic) bond motifs is 1. The van der Waals surface area contributed by atoms with Gasteiger partial charge in [-0.2, -0.15) is 8.78 Å². The Labute approximate surface area is 192 Å². The summed E-state index contributed by atoms with van der Waals surface area (Å²) >= 11 is 12.2. The summed E-state index contributed by atoms with van der Waals surface area (Å²) in [5.74, 6) is 0.172. The van der Waals surface area contributed by atoms with Gasteiger partial charge in [-0.3, -0.25) is 9.78 Å². The average molecular weight is 484 g/mol. The zero-order chi connectivity index (χ0) is 22.8. The Morgan fingerprint density at radius 1 is 1.19 bits per heavy atom. The van der Waals surface area contributed by atoms with Crippen molar-refractivity contribution in [1.82, 2.24) is 20.3 Å². The lowest BCUT2D eigenvalue weighted by molar-refractivity contribution is -0.0500. The van der Waals surface area contributed by atoms with E-state index < -0.39 is 12.5 Å². The van der Waals surface area contributed by atoms with E-state index in [2.05, 4.69) is 37.2 Å². The first-order chi connectivity index (χ1) is 15.3. The van der Waals surface area contributed by atoms with E-state index in [0.717, 1.165) is 25.7 Å². The van der Waals surface area contributed by atoms with Crippen molar-refractivity contribution >= 4 is 51.8 Å². The molecule has 1 aliphatic carbocycles. The molecule has 3 aromatic rings. The van der Waals surface area contributed by atoms with Gasteiger partial charge >= 0.3 is 6.61 Å². The van der Waals surface area contributed by atoms with Gasteiger partial charge in [-0.1, -0.05) is 30.1 Å². The lowest BCUT2D eigenvalue weighted by atomic mass is 9.87. The van der Waals surface area contributed by atoms with Crippen LogP contribution in [0.5, 0.6) is 5.75 Å². The third kappa shape index (κ3) is 5.05. The number of carbonyl (C=O) groups excluding carboxylic acids is 1. The number of benzene rings is 1. The van der Waals surface area contributed by atoms with Crippen LogP contribution in [0, 0.1) is 5.92 Å². The Bertz CT molecular complexity index is 1110. The van der Waals surface area contributed by atoms with Crippen LogP contribution >= 0.6 is 23.2 Å². The van der Waals surface area contributed by atoms with Gasteiger partial charge in [-0.25, -0.2) is 4.98 Å². The molecule has 1 fully saturated rings. The number of anilines is 2. The summed E-state index contributed by atoms with van der Waals surface area (Å²) in [6.45, 7) is -0.906. The highest BCUT2D eigenvalue weighted by atomic mass is 35.5. The maximum absolute atomic E-state index is 13.0. The van der Waals surface area contributed by atoms with E-state index in [1.54, 1.807) is 0 Å². The van der Waals surface area contributed by atoms with Gasteiger partial charge in [-0.15, -0.1) is 0 Å². The summed E-state index contributed by atoms with van der Waals surface area (Å²) in [7, 11) is 0. The number of hydrogen-bond donors (Lipinski definition) is 3. The largest absolute Gasteiger partial charge is 0.434 e. The molecule has 2 aromatic heterocycles. The van der Waals surface area contributed by atoms with Gasteiger partial charge in [0.15, 0.2) is 0 Å². The first-order valence-corrected chi connectivity index (χ1v) is 10.9. The maximum atomic E-state index is 13.0. The molecule has 0 unspecified atom stereocenters. The van der Waals surface area contributed by atoms with Gasteiger partial charge in [-0.05, 0) is 37.7 Å². The van der Waals surface area contributed by atoms with Crippen molar-refractivity contribution in [3.63, 3.8) is 0 Å². The Hall–Kier alpha value is -2.65. The number of carbonyl (C=O) groups is 1. The summed E-state index contributed by atoms with van der Waals surface area (Å²) in [5.41, 5.74) is 1.17. The van der Waals surface area contributed by atoms with Crippen LogP contribution in [0.2, 0.25) is 10.0 Å². The van der Waals surface area contributed by atoms with E-state index in [1.807, 2.05) is 0 Å². The number of ether oxygens (including phenoxy) is 1. The summed E-state index contributed by atoms with van der Waals surface area (Å²) in [5, 5.41) is 6.45. The first-order valence-electron chi connectivity index (χ1n) is 10.2. The SMILES string of the molecule is CC1CCC(NC(=O)c2cc3[nH]c(Nc4c(Cl)cncc4Cl)nc3cc2OC(F)F)CC1. The smallest absolute Gasteiger partial charge is 0.387 e. The standard InChI is InChI=1S/C21H21Cl2F2N5O2/c1-10-2-4-11(5-3-10)27-19(31)12-6-15-16(7-17(12)32-20(24)25)29-21(28-15)30-18-13(22)8-26-9-14(18)23/h6-11,20H,2-5H2,1H3,(H,27,31)(H2,26,28,29,30). The molecule has 1 aliphatic rings. The Kier molecular flexibility index (Phi) is 6.66. The van der Waals surface area contributed by atoms with Crippen LogP contribution in [0.25, 0.3) is 11.0 Å². The number of aromatic nitrogens is 3. The highest BCUT2D eigenvalue weighted by molar-refractivity contribution is 6.39. The fourth-order valence-corrected chi connectivity index (χ4v) is 4.24. The van der Waals surface area contributed by atoms with Crippen molar-refractivity contribution in [2.24, 2.45) is 5.92 Å². The van der Waals surface area contributed by atoms with Crippen LogP contribution in [0.4, 0.5) is 20.4 Å². The van der Waals surface area contributed by atoms with Crippen LogP contribution in [-0.4, -0.2) is 33.5 Å². The minimum absolute atomic E-state index is 0.00349. The molecule has 0 saturated heterocycles. The summed E-state index contributed by atoms with van der Waals surface area (Å²) in [6, 6.07) is 2.75. The normalized spacial score (nSPS) is 18.7. The highest BCUT2D eigenvalue weighted by Crippen LogP contribution is 2.33. The second-order valence-electron chi connectivity index (χ2n) is 7.86. The Balaban J connectivity index is 1.63. The van der Waals surface area contributed by atoms with E-state index >= 15 is 0 Å². The van der Waals surface area contributed by atoms with Gasteiger partial charge in [0.05, 0.1) is 32.3 Å². The summed E-state index contributed by atoms with van der Waals surface area (Å²) in [6.07, 6.45) is 6.57. The van der Waals surface area contributed by atoms with Crippen LogP contribution < -0.4 is 15.4 Å². The van der Waals surface area contributed by atoms with Crippen molar-refractivity contribution in [3.8, 4) is 5.75 Å². The molecule has 0 aliphatic heterocycles. The zero-order valence-electron chi connectivity index (χ0n) is 17.1. The first kappa shape index (κ1) is 22.5. The molecule has 1 amide bonds. The number of alkyl halides is 2. The van der Waals surface area contributed by atoms with Crippen molar-refractivity contribution in [2.45, 2.75) is 45.3 Å². The summed E-state index contributed by atoms with van der Waals surface area (Å²) in [4.78, 5) is 24.1. The number of H-pyrrole nitrogens is 1. The number of aromatic amines is 1. The Morgan fingerprint density at radius 3 is 2.53 bits per heavy atom. The molecule has 7 nitrogen and oxygen atoms in total. The molecular formula is C21H21Cl2F2N5O2. The number of nitrogens with zero attached hydrogens (tertiary/aromatic N) is 2. The Morgan fingerprint density at radius 2 is 1.88 bits per heavy atom. The molecular weight excluding hydrogens is 463 g/mol. The topological polar surface area (TPSA) is 91.9 Å². The van der Waals surface area contributed by atoms with Gasteiger partial charge in [0.1, 0.15) is 5.75 Å². The zero-order valence-corrected chi connectivity index (χ0v) is 18.6. The predicted octanol–water partition coefficient (Wildman–Crippen LogP) is 5.92. The van der Waals surface area contributed by atoms with Crippen molar-refractivity contribution in [2.75, 3.05) is 5.32 Å². The molecule has 3 N–H and O–H groups in total. The lowest BCUT2D eigenvalue weighted by Gasteiger charge is -2.27. The third-order valence-corrected chi connectivity index (χ3v) is 6.06. The molecule has 1 aromatic carbocycles. The van der Waals surface area contributed by atoms with E-state index in [-0.39, 0.29) is 33.3 Å². The number of imidazole rings is 1. The molecule has 4 rings (SSSR count). The number of amides is 1. The predicted molar refractivity (Wildman–Crippen MR) is 119 cm³/mol. The van der Waals surface area contributed by atoms with Gasteiger partial charge in [0.2, 0.25) is 5.95 Å². The molecule has 0 bridgehead atoms. The fourth-order valence-electron chi connectivity index (χ4n) is 3.78. The van der Waals surface area contributed by atoms with Gasteiger partial charge in [0, 0.05) is 24.5 Å². The number of rotatable bonds is 6. The molecule has 0 radical (unpaired) electrons. The number of pyridine rings is 1. The van der Waals surface area contributed by atoms with Crippen molar-refractivity contribution in [3.05, 3.63) is 40.1 Å². The quantitative estimate of drug-likeness (QED) is 0.404. The van der Waals surface area contributed by atoms with Gasteiger partial charge < -0.3 is 20.4 Å². The number of halogens is 4. The van der Waals surface area contributed by atoms with Crippen molar-refractivity contribution in [1.29, 1.82) is 0 Å². The monoisotopic (exact) mass is 483 g/mol. The van der Waals surface area contributed by atoms with Gasteiger partial charge in [0.25, 0.3) is 5.91 Å². The fraction of sp³-hybridized carbons (Fsp3) is 0.381. The molecule has 32 heavy (non-hydrogen) atoms. The third-order valence-electron chi connectivity index (χ3n) is 5.49. The minimum Gasteiger partial charge on any atom is -0.434 e. The highest BCUT2D eigenvalue weighted by Gasteiger charge is 2.24. The molecule has 0 spiro atoms. The van der Waals surface area contributed by atoms with Crippen molar-refractivity contribution < 1.29 is 18.3 Å². The second kappa shape index (κ2) is 9.46. The lowest BCUT2D eigenvalue weighted by Crippen LogP contribution is -2.37. The molecule has 2 heterocycles.